The lowest BCUT2D eigenvalue weighted by Crippen LogP contribution is -2.57. The normalized spacial score (nSPS) is 27.1. The van der Waals surface area contributed by atoms with Crippen LogP contribution in [0.3, 0.4) is 0 Å². The van der Waals surface area contributed by atoms with Crippen LogP contribution in [0, 0.1) is 0 Å². The standard InChI is InChI=1S/C29H36N4O3/c1-2-36-28(35)33-23-7-8-24(33)18-25(17-23)31-15-11-29(12-16-31)20-32(19-22-5-3-4-6-26(22)29)27(34)21-9-13-30-14-10-21/h3-6,9-10,13-14,23-25H,2,7-8,11-12,15-20H2,1H3. The molecule has 2 atom stereocenters. The van der Waals surface area contributed by atoms with Crippen LogP contribution in [0.5, 0.6) is 0 Å². The Morgan fingerprint density at radius 1 is 1.00 bits per heavy atom. The van der Waals surface area contributed by atoms with E-state index in [0.29, 0.717) is 36.8 Å². The number of pyridine rings is 1. The molecule has 36 heavy (non-hydrogen) atoms. The first kappa shape index (κ1) is 23.5. The topological polar surface area (TPSA) is 66.0 Å². The molecule has 4 aliphatic heterocycles. The molecule has 4 aliphatic rings. The van der Waals surface area contributed by atoms with Crippen LogP contribution in [-0.4, -0.2) is 76.1 Å². The average molecular weight is 489 g/mol. The largest absolute Gasteiger partial charge is 0.450 e. The quantitative estimate of drug-likeness (QED) is 0.647. The molecule has 3 fully saturated rings. The molecule has 7 heteroatoms. The molecule has 2 amide bonds. The zero-order valence-electron chi connectivity index (χ0n) is 21.1. The Kier molecular flexibility index (Phi) is 6.20. The number of carbonyl (C=O) groups is 2. The van der Waals surface area contributed by atoms with Crippen LogP contribution in [-0.2, 0) is 16.7 Å². The van der Waals surface area contributed by atoms with Crippen LogP contribution in [0.2, 0.25) is 0 Å². The predicted octanol–water partition coefficient (Wildman–Crippen LogP) is 4.22. The SMILES string of the molecule is CCOC(=O)N1C2CCC1CC(N1CCC3(CC1)CN(C(=O)c1ccncc1)Cc1ccccc13)C2. The number of ether oxygens (including phenoxy) is 1. The Morgan fingerprint density at radius 3 is 2.39 bits per heavy atom. The maximum atomic E-state index is 13.4. The number of piperidine rings is 2. The van der Waals surface area contributed by atoms with Gasteiger partial charge in [0.25, 0.3) is 5.91 Å². The fourth-order valence-corrected chi connectivity index (χ4v) is 7.40. The van der Waals surface area contributed by atoms with E-state index in [1.165, 1.54) is 11.1 Å². The molecule has 1 aromatic heterocycles. The molecule has 1 spiro atoms. The number of hydrogen-bond acceptors (Lipinski definition) is 5. The highest BCUT2D eigenvalue weighted by Crippen LogP contribution is 2.44. The Hall–Kier alpha value is -2.93. The van der Waals surface area contributed by atoms with Gasteiger partial charge in [0, 0.05) is 54.6 Å². The number of carbonyl (C=O) groups excluding carboxylic acids is 2. The number of aromatic nitrogens is 1. The molecule has 0 N–H and O–H groups in total. The number of fused-ring (bicyclic) bond motifs is 4. The lowest BCUT2D eigenvalue weighted by Gasteiger charge is -2.51. The lowest BCUT2D eigenvalue weighted by molar-refractivity contribution is 0.0192. The van der Waals surface area contributed by atoms with E-state index in [0.717, 1.165) is 58.2 Å². The number of hydrogen-bond donors (Lipinski definition) is 0. The van der Waals surface area contributed by atoms with Crippen LogP contribution in [0.1, 0.15) is 66.9 Å². The smallest absolute Gasteiger partial charge is 0.410 e. The van der Waals surface area contributed by atoms with Crippen LogP contribution in [0.15, 0.2) is 48.8 Å². The summed E-state index contributed by atoms with van der Waals surface area (Å²) < 4.78 is 5.35. The fourth-order valence-electron chi connectivity index (χ4n) is 7.40. The third-order valence-corrected chi connectivity index (χ3v) is 9.12. The van der Waals surface area contributed by atoms with Gasteiger partial charge in [-0.05, 0) is 81.8 Å². The van der Waals surface area contributed by atoms with Gasteiger partial charge in [-0.25, -0.2) is 4.79 Å². The molecule has 7 nitrogen and oxygen atoms in total. The van der Waals surface area contributed by atoms with Gasteiger partial charge in [-0.2, -0.15) is 0 Å². The van der Waals surface area contributed by atoms with Gasteiger partial charge in [-0.3, -0.25) is 9.78 Å². The zero-order valence-corrected chi connectivity index (χ0v) is 21.1. The summed E-state index contributed by atoms with van der Waals surface area (Å²) in [5.74, 6) is 0.0941. The van der Waals surface area contributed by atoms with Crippen molar-refractivity contribution in [3.63, 3.8) is 0 Å². The highest BCUT2D eigenvalue weighted by atomic mass is 16.6. The molecular weight excluding hydrogens is 452 g/mol. The third-order valence-electron chi connectivity index (χ3n) is 9.12. The van der Waals surface area contributed by atoms with E-state index in [9.17, 15) is 9.59 Å². The maximum Gasteiger partial charge on any atom is 0.410 e. The highest BCUT2D eigenvalue weighted by molar-refractivity contribution is 5.94. The van der Waals surface area contributed by atoms with Gasteiger partial charge >= 0.3 is 6.09 Å². The van der Waals surface area contributed by atoms with Crippen molar-refractivity contribution in [2.75, 3.05) is 26.2 Å². The summed E-state index contributed by atoms with van der Waals surface area (Å²) in [6, 6.07) is 13.5. The Labute approximate surface area is 213 Å². The van der Waals surface area contributed by atoms with E-state index in [-0.39, 0.29) is 17.4 Å². The van der Waals surface area contributed by atoms with Gasteiger partial charge in [-0.1, -0.05) is 24.3 Å². The molecule has 3 saturated heterocycles. The summed E-state index contributed by atoms with van der Waals surface area (Å²) in [7, 11) is 0. The van der Waals surface area contributed by atoms with Gasteiger partial charge in [0.15, 0.2) is 0 Å². The minimum atomic E-state index is -0.126. The van der Waals surface area contributed by atoms with Crippen molar-refractivity contribution in [1.29, 1.82) is 0 Å². The number of rotatable bonds is 3. The molecule has 190 valence electrons. The van der Waals surface area contributed by atoms with Gasteiger partial charge in [0.1, 0.15) is 0 Å². The van der Waals surface area contributed by atoms with E-state index in [2.05, 4.69) is 34.1 Å². The summed E-state index contributed by atoms with van der Waals surface area (Å²) >= 11 is 0. The minimum Gasteiger partial charge on any atom is -0.450 e. The third kappa shape index (κ3) is 4.07. The van der Waals surface area contributed by atoms with E-state index in [1.54, 1.807) is 12.4 Å². The van der Waals surface area contributed by atoms with E-state index in [1.807, 2.05) is 28.9 Å². The molecule has 5 heterocycles. The van der Waals surface area contributed by atoms with Gasteiger partial charge < -0.3 is 19.4 Å². The average Bonchev–Trinajstić information content (AvgIpc) is 3.19. The first-order valence-corrected chi connectivity index (χ1v) is 13.5. The van der Waals surface area contributed by atoms with E-state index >= 15 is 0 Å². The fraction of sp³-hybridized carbons (Fsp3) is 0.552. The number of nitrogens with zero attached hydrogens (tertiary/aromatic N) is 4. The van der Waals surface area contributed by atoms with Gasteiger partial charge in [-0.15, -0.1) is 0 Å². The number of likely N-dealkylation sites (tertiary alicyclic amines) is 1. The van der Waals surface area contributed by atoms with Gasteiger partial charge in [0.2, 0.25) is 0 Å². The van der Waals surface area contributed by atoms with Crippen LogP contribution >= 0.6 is 0 Å². The summed E-state index contributed by atoms with van der Waals surface area (Å²) in [5.41, 5.74) is 3.42. The second kappa shape index (κ2) is 9.51. The van der Waals surface area contributed by atoms with Crippen molar-refractivity contribution in [2.45, 2.75) is 75.5 Å². The number of benzene rings is 1. The second-order valence-electron chi connectivity index (χ2n) is 11.0. The molecule has 2 unspecified atom stereocenters. The molecule has 0 aliphatic carbocycles. The minimum absolute atomic E-state index is 0.00134. The second-order valence-corrected chi connectivity index (χ2v) is 11.0. The Morgan fingerprint density at radius 2 is 1.69 bits per heavy atom. The van der Waals surface area contributed by atoms with Crippen LogP contribution in [0.25, 0.3) is 0 Å². The number of amides is 2. The van der Waals surface area contributed by atoms with Crippen molar-refractivity contribution in [3.8, 4) is 0 Å². The first-order chi connectivity index (χ1) is 17.6. The van der Waals surface area contributed by atoms with Crippen molar-refractivity contribution >= 4 is 12.0 Å². The lowest BCUT2D eigenvalue weighted by atomic mass is 9.68. The summed E-state index contributed by atoms with van der Waals surface area (Å²) in [4.78, 5) is 36.7. The Balaban J connectivity index is 1.17. The summed E-state index contributed by atoms with van der Waals surface area (Å²) in [6.07, 6.45) is 9.65. The van der Waals surface area contributed by atoms with Crippen LogP contribution in [0.4, 0.5) is 4.79 Å². The summed E-state index contributed by atoms with van der Waals surface area (Å²) in [5, 5.41) is 0. The van der Waals surface area contributed by atoms with Crippen molar-refractivity contribution in [1.82, 2.24) is 19.7 Å². The van der Waals surface area contributed by atoms with E-state index in [4.69, 9.17) is 4.74 Å². The van der Waals surface area contributed by atoms with Crippen molar-refractivity contribution in [2.24, 2.45) is 0 Å². The molecule has 0 saturated carbocycles. The molecule has 2 aromatic rings. The van der Waals surface area contributed by atoms with Crippen LogP contribution < -0.4 is 0 Å². The predicted molar refractivity (Wildman–Crippen MR) is 137 cm³/mol. The molecule has 1 aromatic carbocycles. The van der Waals surface area contributed by atoms with E-state index < -0.39 is 0 Å². The van der Waals surface area contributed by atoms with Gasteiger partial charge in [0.05, 0.1) is 6.61 Å². The summed E-state index contributed by atoms with van der Waals surface area (Å²) in [6.45, 7) is 5.83. The van der Waals surface area contributed by atoms with Crippen molar-refractivity contribution < 1.29 is 14.3 Å². The molecule has 2 bridgehead atoms. The maximum absolute atomic E-state index is 13.4. The molecule has 6 rings (SSSR count). The zero-order chi connectivity index (χ0) is 24.7. The highest BCUT2D eigenvalue weighted by Gasteiger charge is 2.48. The molecule has 0 radical (unpaired) electrons. The molecular formula is C29H36N4O3. The monoisotopic (exact) mass is 488 g/mol. The van der Waals surface area contributed by atoms with Crippen molar-refractivity contribution in [3.05, 3.63) is 65.5 Å². The Bertz CT molecular complexity index is 1100. The first-order valence-electron chi connectivity index (χ1n) is 13.5.